The summed E-state index contributed by atoms with van der Waals surface area (Å²) >= 11 is 0. The highest BCUT2D eigenvalue weighted by Crippen LogP contribution is 2.32. The fourth-order valence-electron chi connectivity index (χ4n) is 1.93. The smallest absolute Gasteiger partial charge is 0.155 e. The standard InChI is InChI=1S/C13H14O2/c1-15-13-5-3-2-4-12(13)10-6-8-11(14)9-7-10/h2-6,8,10H,7,9H2,1H3. The van der Waals surface area contributed by atoms with Gasteiger partial charge in [-0.15, -0.1) is 0 Å². The van der Waals surface area contributed by atoms with Gasteiger partial charge < -0.3 is 4.74 Å². The van der Waals surface area contributed by atoms with Crippen molar-refractivity contribution in [1.82, 2.24) is 0 Å². The van der Waals surface area contributed by atoms with Gasteiger partial charge >= 0.3 is 0 Å². The highest BCUT2D eigenvalue weighted by Gasteiger charge is 2.17. The average Bonchev–Trinajstić information content (AvgIpc) is 2.30. The van der Waals surface area contributed by atoms with Crippen molar-refractivity contribution in [1.29, 1.82) is 0 Å². The van der Waals surface area contributed by atoms with Crippen LogP contribution in [0.4, 0.5) is 0 Å². The molecule has 0 aliphatic heterocycles. The SMILES string of the molecule is COc1ccccc1C1C=CC(=O)CC1. The monoisotopic (exact) mass is 202 g/mol. The molecule has 2 heteroatoms. The molecule has 0 saturated carbocycles. The van der Waals surface area contributed by atoms with Crippen LogP contribution < -0.4 is 4.74 Å². The predicted octanol–water partition coefficient (Wildman–Crippen LogP) is 2.70. The van der Waals surface area contributed by atoms with E-state index in [1.165, 1.54) is 5.56 Å². The molecule has 0 bridgehead atoms. The van der Waals surface area contributed by atoms with Gasteiger partial charge in [-0.3, -0.25) is 4.79 Å². The molecule has 0 fully saturated rings. The van der Waals surface area contributed by atoms with Crippen LogP contribution >= 0.6 is 0 Å². The summed E-state index contributed by atoms with van der Waals surface area (Å²) < 4.78 is 5.31. The van der Waals surface area contributed by atoms with Crippen molar-refractivity contribution in [3.05, 3.63) is 42.0 Å². The third kappa shape index (κ3) is 2.09. The molecule has 1 aromatic rings. The fourth-order valence-corrected chi connectivity index (χ4v) is 1.93. The van der Waals surface area contributed by atoms with Crippen molar-refractivity contribution < 1.29 is 9.53 Å². The first-order valence-corrected chi connectivity index (χ1v) is 5.15. The maximum absolute atomic E-state index is 11.1. The van der Waals surface area contributed by atoms with E-state index in [1.807, 2.05) is 24.3 Å². The topological polar surface area (TPSA) is 26.3 Å². The molecule has 15 heavy (non-hydrogen) atoms. The molecule has 1 atom stereocenters. The second kappa shape index (κ2) is 4.30. The lowest BCUT2D eigenvalue weighted by atomic mass is 9.88. The number of para-hydroxylation sites is 1. The van der Waals surface area contributed by atoms with E-state index in [0.717, 1.165) is 12.2 Å². The van der Waals surface area contributed by atoms with Crippen LogP contribution in [0.2, 0.25) is 0 Å². The van der Waals surface area contributed by atoms with Gasteiger partial charge in [0.2, 0.25) is 0 Å². The van der Waals surface area contributed by atoms with E-state index in [4.69, 9.17) is 4.74 Å². The van der Waals surface area contributed by atoms with E-state index in [2.05, 4.69) is 6.07 Å². The molecular formula is C13H14O2. The minimum atomic E-state index is 0.223. The highest BCUT2D eigenvalue weighted by atomic mass is 16.5. The number of hydrogen-bond donors (Lipinski definition) is 0. The molecule has 0 heterocycles. The Hall–Kier alpha value is -1.57. The quantitative estimate of drug-likeness (QED) is 0.737. The molecule has 1 aliphatic carbocycles. The number of ketones is 1. The van der Waals surface area contributed by atoms with Gasteiger partial charge in [-0.25, -0.2) is 0 Å². The Labute approximate surface area is 89.6 Å². The summed E-state index contributed by atoms with van der Waals surface area (Å²) in [6.07, 6.45) is 5.18. The molecule has 0 aromatic heterocycles. The van der Waals surface area contributed by atoms with Crippen LogP contribution in [0.15, 0.2) is 36.4 Å². The Morgan fingerprint density at radius 1 is 1.33 bits per heavy atom. The van der Waals surface area contributed by atoms with E-state index >= 15 is 0 Å². The van der Waals surface area contributed by atoms with Gasteiger partial charge in [-0.05, 0) is 18.6 Å². The van der Waals surface area contributed by atoms with Crippen LogP contribution in [0.3, 0.4) is 0 Å². The first kappa shape index (κ1) is 9.97. The molecule has 2 nitrogen and oxygen atoms in total. The fraction of sp³-hybridized carbons (Fsp3) is 0.308. The van der Waals surface area contributed by atoms with Crippen molar-refractivity contribution in [2.75, 3.05) is 7.11 Å². The molecule has 0 amide bonds. The van der Waals surface area contributed by atoms with Gasteiger partial charge in [-0.1, -0.05) is 24.3 Å². The lowest BCUT2D eigenvalue weighted by Gasteiger charge is -2.18. The van der Waals surface area contributed by atoms with Crippen molar-refractivity contribution in [3.8, 4) is 5.75 Å². The third-order valence-corrected chi connectivity index (χ3v) is 2.75. The van der Waals surface area contributed by atoms with Crippen molar-refractivity contribution in [2.45, 2.75) is 18.8 Å². The number of carbonyl (C=O) groups is 1. The van der Waals surface area contributed by atoms with Gasteiger partial charge in [0.1, 0.15) is 5.75 Å². The maximum Gasteiger partial charge on any atom is 0.155 e. The molecule has 0 radical (unpaired) electrons. The zero-order valence-corrected chi connectivity index (χ0v) is 8.77. The molecule has 0 spiro atoms. The van der Waals surface area contributed by atoms with E-state index < -0.39 is 0 Å². The summed E-state index contributed by atoms with van der Waals surface area (Å²) in [6, 6.07) is 7.98. The summed E-state index contributed by atoms with van der Waals surface area (Å²) in [5.41, 5.74) is 1.17. The lowest BCUT2D eigenvalue weighted by molar-refractivity contribution is -0.115. The second-order valence-corrected chi connectivity index (χ2v) is 3.71. The minimum absolute atomic E-state index is 0.223. The van der Waals surface area contributed by atoms with Crippen molar-refractivity contribution in [2.24, 2.45) is 0 Å². The first-order valence-electron chi connectivity index (χ1n) is 5.15. The van der Waals surface area contributed by atoms with Gasteiger partial charge in [0, 0.05) is 17.9 Å². The van der Waals surface area contributed by atoms with E-state index in [1.54, 1.807) is 13.2 Å². The highest BCUT2D eigenvalue weighted by molar-refractivity contribution is 5.90. The van der Waals surface area contributed by atoms with E-state index in [0.29, 0.717) is 12.3 Å². The average molecular weight is 202 g/mol. The van der Waals surface area contributed by atoms with Gasteiger partial charge in [0.15, 0.2) is 5.78 Å². The first-order chi connectivity index (χ1) is 7.31. The lowest BCUT2D eigenvalue weighted by Crippen LogP contribution is -2.07. The number of hydrogen-bond acceptors (Lipinski definition) is 2. The van der Waals surface area contributed by atoms with Crippen LogP contribution in [-0.2, 0) is 4.79 Å². The van der Waals surface area contributed by atoms with Gasteiger partial charge in [-0.2, -0.15) is 0 Å². The second-order valence-electron chi connectivity index (χ2n) is 3.71. The normalized spacial score (nSPS) is 20.3. The maximum atomic E-state index is 11.1. The van der Waals surface area contributed by atoms with E-state index in [-0.39, 0.29) is 5.78 Å². The number of ether oxygens (including phenoxy) is 1. The molecule has 1 aromatic carbocycles. The number of allylic oxidation sites excluding steroid dienone is 2. The van der Waals surface area contributed by atoms with Crippen LogP contribution in [0.25, 0.3) is 0 Å². The minimum Gasteiger partial charge on any atom is -0.496 e. The largest absolute Gasteiger partial charge is 0.496 e. The number of rotatable bonds is 2. The Kier molecular flexibility index (Phi) is 2.86. The molecular weight excluding hydrogens is 188 g/mol. The predicted molar refractivity (Wildman–Crippen MR) is 59.1 cm³/mol. The van der Waals surface area contributed by atoms with Gasteiger partial charge in [0.25, 0.3) is 0 Å². The molecule has 1 aliphatic rings. The Morgan fingerprint density at radius 2 is 2.13 bits per heavy atom. The Morgan fingerprint density at radius 3 is 2.80 bits per heavy atom. The molecule has 78 valence electrons. The summed E-state index contributed by atoms with van der Waals surface area (Å²) in [5, 5.41) is 0. The van der Waals surface area contributed by atoms with Gasteiger partial charge in [0.05, 0.1) is 7.11 Å². The number of methoxy groups -OCH3 is 1. The molecule has 0 saturated heterocycles. The van der Waals surface area contributed by atoms with Crippen molar-refractivity contribution >= 4 is 5.78 Å². The summed E-state index contributed by atoms with van der Waals surface area (Å²) in [4.78, 5) is 11.1. The third-order valence-electron chi connectivity index (χ3n) is 2.75. The molecule has 0 N–H and O–H groups in total. The zero-order valence-electron chi connectivity index (χ0n) is 8.77. The van der Waals surface area contributed by atoms with Crippen LogP contribution in [0.5, 0.6) is 5.75 Å². The van der Waals surface area contributed by atoms with Crippen molar-refractivity contribution in [3.63, 3.8) is 0 Å². The summed E-state index contributed by atoms with van der Waals surface area (Å²) in [5.74, 6) is 1.45. The summed E-state index contributed by atoms with van der Waals surface area (Å²) in [6.45, 7) is 0. The Bertz CT molecular complexity index is 393. The van der Waals surface area contributed by atoms with Crippen LogP contribution in [0, 0.1) is 0 Å². The summed E-state index contributed by atoms with van der Waals surface area (Å²) in [7, 11) is 1.68. The van der Waals surface area contributed by atoms with Crippen LogP contribution in [0.1, 0.15) is 24.3 Å². The van der Waals surface area contributed by atoms with Crippen LogP contribution in [-0.4, -0.2) is 12.9 Å². The molecule has 2 rings (SSSR count). The zero-order chi connectivity index (χ0) is 10.7. The van der Waals surface area contributed by atoms with E-state index in [9.17, 15) is 4.79 Å². The number of carbonyl (C=O) groups excluding carboxylic acids is 1. The molecule has 1 unspecified atom stereocenters. The Balaban J connectivity index is 2.29. The number of benzene rings is 1.